The fourth-order valence-electron chi connectivity index (χ4n) is 3.85. The van der Waals surface area contributed by atoms with Crippen LogP contribution in [0, 0.1) is 0 Å². The standard InChI is InChI=1S/C30H47ClN2O3/c1-4-6-8-10-12-14-22-32-28(34)21-18-26(30(31)25-16-19-27(36-3)20-17-25)24-29(35)33-23-15-13-11-9-7-5-2/h16-21H,4-15,22-24H2,1-3H3,(H,32,34)(H,33,35)/b21-18+,30-26-. The van der Waals surface area contributed by atoms with Crippen LogP contribution in [-0.2, 0) is 9.59 Å². The smallest absolute Gasteiger partial charge is 0.243 e. The minimum atomic E-state index is -0.173. The van der Waals surface area contributed by atoms with Gasteiger partial charge in [-0.2, -0.15) is 0 Å². The first-order valence-corrected chi connectivity index (χ1v) is 14.1. The van der Waals surface area contributed by atoms with Crippen molar-refractivity contribution in [1.29, 1.82) is 0 Å². The van der Waals surface area contributed by atoms with E-state index in [4.69, 9.17) is 16.3 Å². The molecule has 202 valence electrons. The zero-order valence-corrected chi connectivity index (χ0v) is 23.4. The van der Waals surface area contributed by atoms with Crippen molar-refractivity contribution in [2.75, 3.05) is 20.2 Å². The van der Waals surface area contributed by atoms with E-state index in [1.54, 1.807) is 13.2 Å². The summed E-state index contributed by atoms with van der Waals surface area (Å²) in [6, 6.07) is 7.35. The predicted molar refractivity (Wildman–Crippen MR) is 152 cm³/mol. The topological polar surface area (TPSA) is 67.4 Å². The summed E-state index contributed by atoms with van der Waals surface area (Å²) in [7, 11) is 1.61. The van der Waals surface area contributed by atoms with Crippen LogP contribution >= 0.6 is 11.6 Å². The van der Waals surface area contributed by atoms with Crippen molar-refractivity contribution in [1.82, 2.24) is 10.6 Å². The van der Waals surface area contributed by atoms with Gasteiger partial charge in [0.05, 0.1) is 18.6 Å². The van der Waals surface area contributed by atoms with E-state index < -0.39 is 0 Å². The molecule has 0 spiro atoms. The van der Waals surface area contributed by atoms with Gasteiger partial charge in [0.1, 0.15) is 5.75 Å². The number of benzene rings is 1. The van der Waals surface area contributed by atoms with E-state index in [0.717, 1.165) is 37.0 Å². The molecule has 6 heteroatoms. The number of allylic oxidation sites excluding steroid dienone is 1. The molecule has 0 bridgehead atoms. The molecule has 0 atom stereocenters. The van der Waals surface area contributed by atoms with Gasteiger partial charge in [0.25, 0.3) is 0 Å². The molecule has 0 saturated heterocycles. The Morgan fingerprint density at radius 1 is 0.778 bits per heavy atom. The molecule has 1 aromatic carbocycles. The monoisotopic (exact) mass is 518 g/mol. The SMILES string of the molecule is CCCCCCCCNC(=O)/C=C/C(CC(=O)NCCCCCCCC)=C(/Cl)c1ccc(OC)cc1. The lowest BCUT2D eigenvalue weighted by Crippen LogP contribution is -2.25. The highest BCUT2D eigenvalue weighted by Gasteiger charge is 2.11. The summed E-state index contributed by atoms with van der Waals surface area (Å²) in [4.78, 5) is 25.0. The van der Waals surface area contributed by atoms with Crippen LogP contribution in [0.25, 0.3) is 5.03 Å². The Morgan fingerprint density at radius 3 is 1.86 bits per heavy atom. The highest BCUT2D eigenvalue weighted by atomic mass is 35.5. The second-order valence-corrected chi connectivity index (χ2v) is 9.63. The summed E-state index contributed by atoms with van der Waals surface area (Å²) in [5.74, 6) is 0.459. The quantitative estimate of drug-likeness (QED) is 0.106. The van der Waals surface area contributed by atoms with Crippen molar-refractivity contribution in [2.24, 2.45) is 0 Å². The van der Waals surface area contributed by atoms with Gasteiger partial charge in [-0.3, -0.25) is 9.59 Å². The van der Waals surface area contributed by atoms with Gasteiger partial charge in [-0.25, -0.2) is 0 Å². The van der Waals surface area contributed by atoms with E-state index in [-0.39, 0.29) is 18.2 Å². The average molecular weight is 519 g/mol. The number of amides is 2. The predicted octanol–water partition coefficient (Wildman–Crippen LogP) is 7.54. The lowest BCUT2D eigenvalue weighted by atomic mass is 10.1. The average Bonchev–Trinajstić information content (AvgIpc) is 2.89. The Hall–Kier alpha value is -2.27. The van der Waals surface area contributed by atoms with Gasteiger partial charge in [0, 0.05) is 19.2 Å². The fourth-order valence-corrected chi connectivity index (χ4v) is 4.11. The normalized spacial score (nSPS) is 11.9. The summed E-state index contributed by atoms with van der Waals surface area (Å²) in [6.07, 6.45) is 17.3. The Bertz CT molecular complexity index is 803. The van der Waals surface area contributed by atoms with Crippen LogP contribution in [0.3, 0.4) is 0 Å². The third-order valence-electron chi connectivity index (χ3n) is 6.09. The van der Waals surface area contributed by atoms with E-state index in [1.165, 1.54) is 57.4 Å². The Labute approximate surface area is 224 Å². The second kappa shape index (κ2) is 20.9. The fraction of sp³-hybridized carbons (Fsp3) is 0.600. The molecule has 0 aliphatic rings. The highest BCUT2D eigenvalue weighted by Crippen LogP contribution is 2.27. The molecule has 0 saturated carbocycles. The molecule has 2 N–H and O–H groups in total. The maximum Gasteiger partial charge on any atom is 0.243 e. The molecule has 0 aromatic heterocycles. The number of halogens is 1. The second-order valence-electron chi connectivity index (χ2n) is 9.25. The summed E-state index contributed by atoms with van der Waals surface area (Å²) >= 11 is 6.69. The van der Waals surface area contributed by atoms with Crippen LogP contribution < -0.4 is 15.4 Å². The zero-order chi connectivity index (χ0) is 26.4. The summed E-state index contributed by atoms with van der Waals surface area (Å²) < 4.78 is 5.22. The summed E-state index contributed by atoms with van der Waals surface area (Å²) in [5.41, 5.74) is 1.38. The lowest BCUT2D eigenvalue weighted by Gasteiger charge is -2.10. The van der Waals surface area contributed by atoms with E-state index in [2.05, 4.69) is 24.5 Å². The number of hydrogen-bond donors (Lipinski definition) is 2. The third-order valence-corrected chi connectivity index (χ3v) is 6.56. The van der Waals surface area contributed by atoms with Gasteiger partial charge < -0.3 is 15.4 Å². The number of rotatable bonds is 20. The Kier molecular flexibility index (Phi) is 18.4. The van der Waals surface area contributed by atoms with Crippen molar-refractivity contribution in [3.05, 3.63) is 47.6 Å². The van der Waals surface area contributed by atoms with Gasteiger partial charge in [0.2, 0.25) is 11.8 Å². The molecule has 0 fully saturated rings. The van der Waals surface area contributed by atoms with E-state index in [9.17, 15) is 9.59 Å². The molecule has 0 aliphatic carbocycles. The summed E-state index contributed by atoms with van der Waals surface area (Å²) in [5, 5.41) is 6.37. The van der Waals surface area contributed by atoms with Crippen LogP contribution in [0.2, 0.25) is 0 Å². The number of methoxy groups -OCH3 is 1. The molecule has 1 rings (SSSR count). The van der Waals surface area contributed by atoms with Gasteiger partial charge in [-0.15, -0.1) is 0 Å². The van der Waals surface area contributed by atoms with Crippen LogP contribution in [0.4, 0.5) is 0 Å². The summed E-state index contributed by atoms with van der Waals surface area (Å²) in [6.45, 7) is 5.71. The lowest BCUT2D eigenvalue weighted by molar-refractivity contribution is -0.120. The molecular weight excluding hydrogens is 472 g/mol. The van der Waals surface area contributed by atoms with Crippen molar-refractivity contribution < 1.29 is 14.3 Å². The van der Waals surface area contributed by atoms with E-state index in [0.29, 0.717) is 23.7 Å². The van der Waals surface area contributed by atoms with Crippen molar-refractivity contribution >= 4 is 28.4 Å². The van der Waals surface area contributed by atoms with Gasteiger partial charge >= 0.3 is 0 Å². The van der Waals surface area contributed by atoms with Gasteiger partial charge in [-0.1, -0.05) is 95.7 Å². The van der Waals surface area contributed by atoms with Crippen molar-refractivity contribution in [3.63, 3.8) is 0 Å². The molecular formula is C30H47ClN2O3. The number of unbranched alkanes of at least 4 members (excludes halogenated alkanes) is 10. The highest BCUT2D eigenvalue weighted by molar-refractivity contribution is 6.49. The number of nitrogens with one attached hydrogen (secondary N) is 2. The van der Waals surface area contributed by atoms with E-state index >= 15 is 0 Å². The molecule has 36 heavy (non-hydrogen) atoms. The first-order valence-electron chi connectivity index (χ1n) is 13.8. The molecule has 0 radical (unpaired) electrons. The number of carbonyl (C=O) groups is 2. The van der Waals surface area contributed by atoms with Gasteiger partial charge in [-0.05, 0) is 48.2 Å². The molecule has 0 aliphatic heterocycles. The molecule has 1 aromatic rings. The van der Waals surface area contributed by atoms with Crippen LogP contribution in [-0.4, -0.2) is 32.0 Å². The number of carbonyl (C=O) groups excluding carboxylic acids is 2. The Morgan fingerprint density at radius 2 is 1.31 bits per heavy atom. The minimum Gasteiger partial charge on any atom is -0.497 e. The maximum atomic E-state index is 12.6. The minimum absolute atomic E-state index is 0.0950. The third kappa shape index (κ3) is 15.0. The molecule has 0 heterocycles. The molecule has 0 unspecified atom stereocenters. The van der Waals surface area contributed by atoms with Crippen LogP contribution in [0.1, 0.15) is 103 Å². The van der Waals surface area contributed by atoms with Gasteiger partial charge in [0.15, 0.2) is 0 Å². The number of ether oxygens (including phenoxy) is 1. The zero-order valence-electron chi connectivity index (χ0n) is 22.7. The van der Waals surface area contributed by atoms with Crippen molar-refractivity contribution in [2.45, 2.75) is 97.3 Å². The molecule has 5 nitrogen and oxygen atoms in total. The molecule has 2 amide bonds. The maximum absolute atomic E-state index is 12.6. The first-order chi connectivity index (χ1) is 17.5. The van der Waals surface area contributed by atoms with Crippen LogP contribution in [0.15, 0.2) is 42.0 Å². The largest absolute Gasteiger partial charge is 0.497 e. The first kappa shape index (κ1) is 31.8. The number of hydrogen-bond acceptors (Lipinski definition) is 3. The Balaban J connectivity index is 2.69. The van der Waals surface area contributed by atoms with E-state index in [1.807, 2.05) is 24.3 Å². The van der Waals surface area contributed by atoms with Crippen molar-refractivity contribution in [3.8, 4) is 5.75 Å². The van der Waals surface area contributed by atoms with Crippen LogP contribution in [0.5, 0.6) is 5.75 Å².